The molecule has 0 amide bonds. The van der Waals surface area contributed by atoms with Gasteiger partial charge in [0.1, 0.15) is 54.7 Å². The molecular formula is C95H122BBr4Cl7CuN11O14S11. The van der Waals surface area contributed by atoms with E-state index in [0.29, 0.717) is 91.9 Å². The van der Waals surface area contributed by atoms with Gasteiger partial charge in [0.05, 0.1) is 175 Å². The SMILES string of the molecule is C.CC(=NS(=O)C(C)(C)C)c1sc(Br)cc1Cl.CC(C)(C)[S@@](=O)N[C@@](C)(CCC1(C#N)CCC1)c1sc(Br)cc1Cl.COc1cccc2c1CC(B1OC(C)(C)C(C)(C)O1)=C2.COc1cccc2cc(-c3cc(Cl)c([C@]4(C)CS(=O)(=O)C5(CCC5)C(N)=N4)s3)[nH]c12.CS(=O)(=O)C1(C#N)CCC1.C[C@@]1(c2sc(Br)cc2Cl)CS(=O)(=O)C2(CCC2)C(N)=N1.C[C@](N)(CS(=O)(=O)C1(C#N)CCC1)c1sc(Br)cc1Cl.Cl.[Cl][Cu]. The second-order valence-electron chi connectivity index (χ2n) is 40.5. The van der Waals surface area contributed by atoms with Gasteiger partial charge >= 0.3 is 32.3 Å². The average Bonchev–Trinajstić information content (AvgIpc) is 1.19. The Hall–Kier alpha value is -2.63. The number of nitriles is 3. The van der Waals surface area contributed by atoms with Crippen LogP contribution < -0.4 is 31.4 Å². The number of fused-ring (bicyclic) bond motifs is 2. The molecule has 8 N–H and O–H groups in total. The fraction of sp³-hybridized carbons (Fsp3) is 0.558. The number of ether oxygens (including phenoxy) is 2. The molecule has 0 bridgehead atoms. The first-order chi connectivity index (χ1) is 65.6. The third kappa shape index (κ3) is 27.2. The van der Waals surface area contributed by atoms with Crippen molar-refractivity contribution in [3.05, 3.63) is 154 Å². The van der Waals surface area contributed by atoms with E-state index in [0.717, 1.165) is 133 Å². The van der Waals surface area contributed by atoms with Crippen LogP contribution in [0.3, 0.4) is 0 Å². The van der Waals surface area contributed by atoms with Gasteiger partial charge in [-0.2, -0.15) is 20.2 Å². The average molecular weight is 2640 g/mol. The molecule has 5 saturated carbocycles. The monoisotopic (exact) mass is 2630 g/mol. The van der Waals surface area contributed by atoms with Crippen LogP contribution in [0, 0.1) is 39.4 Å². The van der Waals surface area contributed by atoms with Crippen molar-refractivity contribution in [2.45, 2.75) is 289 Å². The molecule has 49 heteroatoms. The maximum absolute atomic E-state index is 13.1. The van der Waals surface area contributed by atoms with Crippen LogP contribution in [-0.4, -0.2) is 149 Å². The Labute approximate surface area is 951 Å². The number of benzene rings is 2. The van der Waals surface area contributed by atoms with E-state index < -0.39 is 102 Å². The number of nitrogens with two attached hydrogens (primary N) is 3. The molecule has 17 rings (SSSR count). The summed E-state index contributed by atoms with van der Waals surface area (Å²) in [4.78, 5) is 17.5. The zero-order valence-electron chi connectivity index (χ0n) is 82.0. The van der Waals surface area contributed by atoms with Crippen LogP contribution in [0.2, 0.25) is 25.1 Å². The summed E-state index contributed by atoms with van der Waals surface area (Å²) in [5, 5.41) is 31.1. The molecule has 6 aliphatic carbocycles. The number of aromatic nitrogens is 1. The Morgan fingerprint density at radius 3 is 1.45 bits per heavy atom. The predicted octanol–water partition coefficient (Wildman–Crippen LogP) is 26.6. The predicted molar refractivity (Wildman–Crippen MR) is 615 cm³/mol. The number of amidine groups is 2. The van der Waals surface area contributed by atoms with E-state index in [-0.39, 0.29) is 82.0 Å². The van der Waals surface area contributed by atoms with Crippen LogP contribution in [0.4, 0.5) is 0 Å². The zero-order valence-corrected chi connectivity index (χ0v) is 104. The number of hydrogen-bond donors (Lipinski definition) is 5. The van der Waals surface area contributed by atoms with Gasteiger partial charge in [-0.25, -0.2) is 46.8 Å². The second-order valence-corrected chi connectivity index (χ2v) is 66.5. The van der Waals surface area contributed by atoms with E-state index in [1.165, 1.54) is 61.9 Å². The minimum absolute atomic E-state index is 0. The molecule has 25 nitrogen and oxygen atoms in total. The molecule has 1 saturated heterocycles. The van der Waals surface area contributed by atoms with Crippen LogP contribution in [0.25, 0.3) is 27.6 Å². The third-order valence-electron chi connectivity index (χ3n) is 27.3. The Bertz CT molecular complexity index is 6860. The summed E-state index contributed by atoms with van der Waals surface area (Å²) in [6.45, 7) is 29.0. The normalized spacial score (nSPS) is 22.2. The molecule has 6 atom stereocenters. The van der Waals surface area contributed by atoms with Gasteiger partial charge in [0, 0.05) is 27.0 Å². The van der Waals surface area contributed by atoms with E-state index in [1.54, 1.807) is 58.5 Å². The van der Waals surface area contributed by atoms with Crippen LogP contribution in [0.5, 0.6) is 11.5 Å². The zero-order chi connectivity index (χ0) is 106. The molecule has 144 heavy (non-hydrogen) atoms. The first-order valence-corrected chi connectivity index (χ1v) is 64.5. The molecule has 2 spiro atoms. The summed E-state index contributed by atoms with van der Waals surface area (Å²) in [5.41, 5.74) is 20.2. The number of rotatable bonds is 19. The molecular weight excluding hydrogens is 2510 g/mol. The fourth-order valence-electron chi connectivity index (χ4n) is 17.3. The van der Waals surface area contributed by atoms with Gasteiger partial charge in [-0.1, -0.05) is 102 Å². The van der Waals surface area contributed by atoms with Gasteiger partial charge < -0.3 is 41.0 Å². The van der Waals surface area contributed by atoms with E-state index in [2.05, 4.69) is 154 Å². The van der Waals surface area contributed by atoms with Crippen molar-refractivity contribution in [3.8, 4) is 40.3 Å². The molecule has 1 unspecified atom stereocenters. The summed E-state index contributed by atoms with van der Waals surface area (Å²) in [5.74, 6) is 1.77. The second kappa shape index (κ2) is 48.4. The van der Waals surface area contributed by atoms with Crippen LogP contribution in [-0.2, 0) is 114 Å². The first kappa shape index (κ1) is 127. The Morgan fingerprint density at radius 2 is 1.07 bits per heavy atom. The number of H-pyrrole nitrogens is 1. The van der Waals surface area contributed by atoms with Crippen LogP contribution in [0.1, 0.15) is 256 Å². The van der Waals surface area contributed by atoms with Crippen molar-refractivity contribution in [1.29, 1.82) is 15.8 Å². The van der Waals surface area contributed by atoms with Gasteiger partial charge in [0.15, 0.2) is 48.8 Å². The van der Waals surface area contributed by atoms with Crippen molar-refractivity contribution in [3.63, 3.8) is 0 Å². The van der Waals surface area contributed by atoms with Gasteiger partial charge in [0.25, 0.3) is 0 Å². The van der Waals surface area contributed by atoms with E-state index in [4.69, 9.17) is 104 Å². The number of halogens is 11. The molecule has 3 aliphatic heterocycles. The number of nitrogens with one attached hydrogen (secondary N) is 2. The minimum atomic E-state index is -3.60. The summed E-state index contributed by atoms with van der Waals surface area (Å²) in [6, 6.07) is 29.3. The number of thiophene rings is 5. The molecule has 8 aromatic rings. The van der Waals surface area contributed by atoms with Crippen molar-refractivity contribution >= 4 is 304 Å². The van der Waals surface area contributed by atoms with E-state index in [9.17, 15) is 52.6 Å². The molecule has 9 heterocycles. The summed E-state index contributed by atoms with van der Waals surface area (Å²) in [7, 11) is -8.67. The molecule has 9 aliphatic rings. The van der Waals surface area contributed by atoms with E-state index in [1.807, 2.05) is 122 Å². The first-order valence-electron chi connectivity index (χ1n) is 45.0. The number of para-hydroxylation sites is 1. The quantitative estimate of drug-likeness (QED) is 0.0371. The Balaban J connectivity index is 0.000000208. The molecule has 6 fully saturated rings. The topological polar surface area (TPSA) is 422 Å². The fourth-order valence-corrected chi connectivity index (χ4v) is 37.9. The molecule has 0 radical (unpaired) electrons. The summed E-state index contributed by atoms with van der Waals surface area (Å²) < 4.78 is 152. The maximum atomic E-state index is 13.1. The van der Waals surface area contributed by atoms with Crippen molar-refractivity contribution in [1.82, 2.24) is 9.71 Å². The van der Waals surface area contributed by atoms with Crippen molar-refractivity contribution in [2.75, 3.05) is 37.7 Å². The molecule has 798 valence electrons. The van der Waals surface area contributed by atoms with Crippen LogP contribution >= 0.6 is 201 Å². The number of aliphatic imine (C=N–C) groups is 2. The van der Waals surface area contributed by atoms with Gasteiger partial charge in [-0.15, -0.1) is 69.1 Å². The number of nitrogens with zero attached hydrogens (tertiary/aromatic N) is 6. The standard InChI is InChI=1S/C21H22ClN3O3S2.C17H24BrClN2OS2.C16H21BO3.2C12H14BrClN2O2S2.C10H13BrClNOS2.C6H9NO2S.CH4.2ClH.Cu/c1-20(11-30(26,27)21(7-4-8-21)19(23)25-20)18-13(22)10-16(29-18)14-9-12-5-3-6-15(28-2)17(12)24-14;1-15(2,3)24(22)21-16(4,14-12(19)10-13(18)23-14)8-9-17(11-20)6-5-7-17;1-15(2)16(3,4)20-17(19-15)12-9-11-7-6-8-14(18-5)13(11)10-12;1-11(9-7(14)5-8(13)19-9)6-20(17,18)12(3-2-4-12)10(15)16-11;1-11(16,10-8(14)5-9(13)19-10)7-20(17,18)12(6-15)3-2-4-12;1-6(13-16(14)10(2,3)4)9-7(12)5-8(11)15-9;1-10(8,9)6(5-7)3-2-4-6;;;;/h3,5-6,9-10,24H,4,7-8,11H2,1-2H3,(H2,23,25);10,21H,5-9H2,1-4H3;6-9H,10H2,1-5H3;5H,2-4,6H2,1H3,(H2,15,16);5H,2-4,7,16H2,1H3;5H,1-4H3;2-4H2,1H3;1H4;2*1H;/q;;;;;;;;;;+1/p-1/t20-;16-,24+;;2*11-;;;;;;/m00.00....../s1. The van der Waals surface area contributed by atoms with Crippen LogP contribution in [0.15, 0.2) is 108 Å². The van der Waals surface area contributed by atoms with Gasteiger partial charge in [-0.3, -0.25) is 9.98 Å². The summed E-state index contributed by atoms with van der Waals surface area (Å²) >= 11 is 55.8. The number of aromatic amines is 1. The van der Waals surface area contributed by atoms with Crippen molar-refractivity contribution < 1.29 is 76.0 Å². The molecule has 6 aromatic heterocycles. The molecule has 2 aromatic carbocycles. The van der Waals surface area contributed by atoms with E-state index >= 15 is 0 Å². The summed E-state index contributed by atoms with van der Waals surface area (Å²) in [6.07, 6.45) is 16.2. The van der Waals surface area contributed by atoms with Crippen molar-refractivity contribution in [2.24, 2.45) is 37.0 Å². The number of methoxy groups -OCH3 is 2. The van der Waals surface area contributed by atoms with Gasteiger partial charge in [0.2, 0.25) is 0 Å². The van der Waals surface area contributed by atoms with Gasteiger partial charge in [-0.05, 0) is 336 Å². The Kier molecular flexibility index (Phi) is 42.5. The Morgan fingerprint density at radius 1 is 0.625 bits per heavy atom. The number of allylic oxidation sites excluding steroid dienone is 1. The third-order valence-corrected chi connectivity index (χ3v) is 51.6. The number of hydrogen-bond acceptors (Lipinski definition) is 27. The number of sulfone groups is 4.